The van der Waals surface area contributed by atoms with E-state index in [1.54, 1.807) is 24.3 Å². The Labute approximate surface area is 235 Å². The third kappa shape index (κ3) is 6.38. The van der Waals surface area contributed by atoms with Crippen LogP contribution < -0.4 is 15.4 Å². The minimum atomic E-state index is -5.98. The first-order valence-corrected chi connectivity index (χ1v) is 13.6. The van der Waals surface area contributed by atoms with Gasteiger partial charge >= 0.3 is 21.3 Å². The van der Waals surface area contributed by atoms with Crippen molar-refractivity contribution in [3.05, 3.63) is 102 Å². The zero-order valence-electron chi connectivity index (χ0n) is 18.7. The summed E-state index contributed by atoms with van der Waals surface area (Å²) >= 11 is 20.0. The molecule has 0 saturated carbocycles. The van der Waals surface area contributed by atoms with E-state index in [1.165, 1.54) is 12.1 Å². The molecule has 18 heteroatoms. The molecule has 4 aromatic rings. The molecule has 0 aliphatic rings. The van der Waals surface area contributed by atoms with Gasteiger partial charge in [-0.2, -0.15) is 36.4 Å². The Bertz CT molecular complexity index is 1770. The van der Waals surface area contributed by atoms with E-state index in [1.807, 2.05) is 0 Å². The molecule has 0 fully saturated rings. The van der Waals surface area contributed by atoms with Crippen molar-refractivity contribution in [1.29, 1.82) is 0 Å². The molecule has 1 atom stereocenters. The summed E-state index contributed by atoms with van der Waals surface area (Å²) in [5.74, 6) is -0.880. The van der Waals surface area contributed by atoms with Crippen LogP contribution in [0, 0.1) is 0 Å². The van der Waals surface area contributed by atoms with E-state index in [0.717, 1.165) is 34.9 Å². The maximum atomic E-state index is 12.8. The standard InChI is InChI=1S/C21H11Cl3F3N5O5S2/c22-11-3-1-10(2-4-11)18(38-19-28-8-7-15(31-19)37-39(35,36)21(25,26)27)16-12(23)5-6-13(17(16)24)32-20(34)30-14(33)9-29-32/h1-9,18H,(H,30,33,34). The molecule has 1 unspecified atom stereocenters. The van der Waals surface area contributed by atoms with Crippen molar-refractivity contribution in [2.24, 2.45) is 0 Å². The molecular weight excluding hydrogens is 630 g/mol. The third-order valence-electron chi connectivity index (χ3n) is 4.79. The number of thioether (sulfide) groups is 1. The zero-order chi connectivity index (χ0) is 28.5. The topological polar surface area (TPSA) is 137 Å². The van der Waals surface area contributed by atoms with Gasteiger partial charge in [-0.15, -0.1) is 0 Å². The summed E-state index contributed by atoms with van der Waals surface area (Å²) in [6.45, 7) is 0. The van der Waals surface area contributed by atoms with Gasteiger partial charge in [-0.05, 0) is 29.8 Å². The van der Waals surface area contributed by atoms with Gasteiger partial charge in [0.2, 0.25) is 5.88 Å². The van der Waals surface area contributed by atoms with Gasteiger partial charge in [0.1, 0.15) is 6.20 Å². The fourth-order valence-electron chi connectivity index (χ4n) is 3.11. The van der Waals surface area contributed by atoms with Crippen molar-refractivity contribution < 1.29 is 25.8 Å². The molecule has 0 aliphatic carbocycles. The van der Waals surface area contributed by atoms with E-state index in [4.69, 9.17) is 34.8 Å². The Balaban J connectivity index is 1.83. The molecule has 2 heterocycles. The summed E-state index contributed by atoms with van der Waals surface area (Å²) in [6, 6.07) is 9.96. The van der Waals surface area contributed by atoms with Crippen LogP contribution in [0.1, 0.15) is 16.4 Å². The first-order chi connectivity index (χ1) is 18.3. The quantitative estimate of drug-likeness (QED) is 0.131. The minimum absolute atomic E-state index is 0.0474. The van der Waals surface area contributed by atoms with Crippen LogP contribution in [0.4, 0.5) is 13.2 Å². The number of alkyl halides is 3. The summed E-state index contributed by atoms with van der Waals surface area (Å²) in [7, 11) is -5.98. The number of halogens is 6. The number of nitrogens with zero attached hydrogens (tertiary/aromatic N) is 4. The molecule has 0 spiro atoms. The average molecular weight is 641 g/mol. The number of hydrogen-bond acceptors (Lipinski definition) is 9. The van der Waals surface area contributed by atoms with Gasteiger partial charge in [0.05, 0.1) is 16.0 Å². The predicted octanol–water partition coefficient (Wildman–Crippen LogP) is 4.78. The Hall–Kier alpha value is -3.11. The van der Waals surface area contributed by atoms with Crippen LogP contribution in [0.2, 0.25) is 15.1 Å². The lowest BCUT2D eigenvalue weighted by Crippen LogP contribution is -2.30. The van der Waals surface area contributed by atoms with Crippen LogP contribution in [-0.4, -0.2) is 38.7 Å². The lowest BCUT2D eigenvalue weighted by Gasteiger charge is -2.21. The zero-order valence-corrected chi connectivity index (χ0v) is 22.6. The van der Waals surface area contributed by atoms with Crippen LogP contribution in [-0.2, 0) is 10.1 Å². The highest BCUT2D eigenvalue weighted by Gasteiger charge is 2.49. The highest BCUT2D eigenvalue weighted by atomic mass is 35.5. The van der Waals surface area contributed by atoms with Crippen LogP contribution in [0.15, 0.2) is 69.6 Å². The molecule has 0 bridgehead atoms. The van der Waals surface area contributed by atoms with E-state index in [2.05, 4.69) is 24.2 Å². The predicted molar refractivity (Wildman–Crippen MR) is 137 cm³/mol. The number of nitrogens with one attached hydrogen (secondary N) is 1. The molecule has 39 heavy (non-hydrogen) atoms. The first-order valence-electron chi connectivity index (χ1n) is 10.2. The monoisotopic (exact) mass is 639 g/mol. The van der Waals surface area contributed by atoms with Gasteiger partial charge < -0.3 is 4.18 Å². The van der Waals surface area contributed by atoms with E-state index in [0.29, 0.717) is 10.6 Å². The van der Waals surface area contributed by atoms with Gasteiger partial charge in [0.25, 0.3) is 5.56 Å². The molecule has 0 amide bonds. The maximum Gasteiger partial charge on any atom is 0.534 e. The van der Waals surface area contributed by atoms with Crippen molar-refractivity contribution >= 4 is 56.7 Å². The molecule has 4 rings (SSSR count). The maximum absolute atomic E-state index is 12.8. The Kier molecular flexibility index (Phi) is 8.28. The van der Waals surface area contributed by atoms with Gasteiger partial charge in [-0.3, -0.25) is 9.78 Å². The Morgan fingerprint density at radius 3 is 2.36 bits per heavy atom. The van der Waals surface area contributed by atoms with E-state index in [9.17, 15) is 31.2 Å². The largest absolute Gasteiger partial charge is 0.534 e. The summed E-state index contributed by atoms with van der Waals surface area (Å²) in [4.78, 5) is 33.6. The lowest BCUT2D eigenvalue weighted by molar-refractivity contribution is -0.0501. The highest BCUT2D eigenvalue weighted by molar-refractivity contribution is 7.99. The molecule has 0 aliphatic heterocycles. The van der Waals surface area contributed by atoms with Crippen molar-refractivity contribution in [2.75, 3.05) is 0 Å². The van der Waals surface area contributed by atoms with E-state index >= 15 is 0 Å². The van der Waals surface area contributed by atoms with Crippen LogP contribution in [0.25, 0.3) is 5.69 Å². The molecular formula is C21H11Cl3F3N5O5S2. The molecule has 0 radical (unpaired) electrons. The van der Waals surface area contributed by atoms with Crippen LogP contribution in [0.3, 0.4) is 0 Å². The number of aromatic nitrogens is 5. The Morgan fingerprint density at radius 1 is 1.03 bits per heavy atom. The van der Waals surface area contributed by atoms with Gasteiger partial charge in [0, 0.05) is 27.9 Å². The summed E-state index contributed by atoms with van der Waals surface area (Å²) in [5.41, 5.74) is -6.51. The van der Waals surface area contributed by atoms with Gasteiger partial charge in [-0.25, -0.2) is 9.78 Å². The first kappa shape index (κ1) is 28.9. The number of benzene rings is 2. The molecule has 2 aromatic heterocycles. The fourth-order valence-corrected chi connectivity index (χ4v) is 5.58. The summed E-state index contributed by atoms with van der Waals surface area (Å²) < 4.78 is 66.1. The summed E-state index contributed by atoms with van der Waals surface area (Å²) in [5, 5.41) is 3.14. The molecule has 10 nitrogen and oxygen atoms in total. The number of H-pyrrole nitrogens is 1. The van der Waals surface area contributed by atoms with Crippen LogP contribution in [0.5, 0.6) is 5.88 Å². The van der Waals surface area contributed by atoms with E-state index in [-0.39, 0.29) is 26.5 Å². The third-order valence-corrected chi connectivity index (χ3v) is 7.88. The molecule has 0 saturated heterocycles. The highest BCUT2D eigenvalue weighted by Crippen LogP contribution is 2.46. The van der Waals surface area contributed by atoms with Crippen LogP contribution >= 0.6 is 46.6 Å². The number of rotatable bonds is 7. The van der Waals surface area contributed by atoms with Gasteiger partial charge in [0.15, 0.2) is 5.16 Å². The van der Waals surface area contributed by atoms with Crippen molar-refractivity contribution in [3.63, 3.8) is 0 Å². The SMILES string of the molecule is O=c1cnn(-c2ccc(Cl)c(C(Sc3nccc(OS(=O)(=O)C(F)(F)F)n3)c3ccc(Cl)cc3)c2Cl)c(=O)[nH]1. The van der Waals surface area contributed by atoms with Gasteiger partial charge in [-0.1, -0.05) is 58.7 Å². The second-order valence-electron chi connectivity index (χ2n) is 7.36. The van der Waals surface area contributed by atoms with Crippen molar-refractivity contribution in [3.8, 4) is 11.6 Å². The fraction of sp³-hybridized carbons (Fsp3) is 0.0952. The van der Waals surface area contributed by atoms with Crippen molar-refractivity contribution in [2.45, 2.75) is 15.9 Å². The average Bonchev–Trinajstić information content (AvgIpc) is 2.84. The van der Waals surface area contributed by atoms with E-state index < -0.39 is 38.0 Å². The smallest absolute Gasteiger partial charge is 0.355 e. The lowest BCUT2D eigenvalue weighted by atomic mass is 10.0. The normalized spacial score (nSPS) is 12.8. The Morgan fingerprint density at radius 2 is 1.72 bits per heavy atom. The molecule has 204 valence electrons. The number of aromatic amines is 1. The second kappa shape index (κ2) is 11.2. The second-order valence-corrected chi connectivity index (χ2v) is 11.2. The molecule has 1 N–H and O–H groups in total. The minimum Gasteiger partial charge on any atom is -0.355 e. The molecule has 2 aromatic carbocycles. The summed E-state index contributed by atoms with van der Waals surface area (Å²) in [6.07, 6.45) is 1.87. The number of hydrogen-bond donors (Lipinski definition) is 1. The van der Waals surface area contributed by atoms with Crippen molar-refractivity contribution in [1.82, 2.24) is 24.7 Å².